The molecule has 2 amide bonds. The quantitative estimate of drug-likeness (QED) is 0.578. The zero-order chi connectivity index (χ0) is 19.7. The average molecular weight is 378 g/mol. The van der Waals surface area contributed by atoms with Crippen molar-refractivity contribution in [2.24, 2.45) is 0 Å². The van der Waals surface area contributed by atoms with E-state index in [4.69, 9.17) is 0 Å². The van der Waals surface area contributed by atoms with Gasteiger partial charge in [0.15, 0.2) is 0 Å². The van der Waals surface area contributed by atoms with Crippen molar-refractivity contribution in [3.8, 4) is 6.07 Å². The fraction of sp³-hybridized carbons (Fsp3) is 0.556. The highest BCUT2D eigenvalue weighted by Gasteiger charge is 2.20. The molecule has 2 rings (SSSR count). The molecule has 2 heterocycles. The van der Waals surface area contributed by atoms with Gasteiger partial charge in [0, 0.05) is 46.0 Å². The van der Waals surface area contributed by atoms with E-state index in [0.717, 1.165) is 43.8 Å². The maximum Gasteiger partial charge on any atom is 0.233 e. The molecule has 1 fully saturated rings. The SMILES string of the molecule is CN(C)C=O.Cc1cc(C)c(C#N)c(SCC(=O)N2CCN(C)CC2)n1. The van der Waals surface area contributed by atoms with Crippen LogP contribution in [0.1, 0.15) is 16.8 Å². The second kappa shape index (κ2) is 10.8. The highest BCUT2D eigenvalue weighted by molar-refractivity contribution is 8.00. The van der Waals surface area contributed by atoms with Crippen LogP contribution in [0.15, 0.2) is 11.1 Å². The van der Waals surface area contributed by atoms with Gasteiger partial charge in [-0.2, -0.15) is 5.26 Å². The summed E-state index contributed by atoms with van der Waals surface area (Å²) < 4.78 is 0. The van der Waals surface area contributed by atoms with Gasteiger partial charge >= 0.3 is 0 Å². The molecule has 1 aromatic rings. The van der Waals surface area contributed by atoms with E-state index >= 15 is 0 Å². The van der Waals surface area contributed by atoms with Gasteiger partial charge in [-0.25, -0.2) is 4.98 Å². The van der Waals surface area contributed by atoms with Crippen LogP contribution >= 0.6 is 11.8 Å². The molecule has 0 radical (unpaired) electrons. The van der Waals surface area contributed by atoms with Crippen LogP contribution in [0, 0.1) is 25.2 Å². The van der Waals surface area contributed by atoms with Crippen LogP contribution in [0.4, 0.5) is 0 Å². The van der Waals surface area contributed by atoms with Crippen molar-refractivity contribution in [1.82, 2.24) is 19.7 Å². The molecular formula is C18H27N5O2S. The van der Waals surface area contributed by atoms with Crippen molar-refractivity contribution in [2.45, 2.75) is 18.9 Å². The largest absolute Gasteiger partial charge is 0.351 e. The van der Waals surface area contributed by atoms with Crippen molar-refractivity contribution in [1.29, 1.82) is 5.26 Å². The predicted molar refractivity (Wildman–Crippen MR) is 103 cm³/mol. The Morgan fingerprint density at radius 1 is 1.35 bits per heavy atom. The van der Waals surface area contributed by atoms with E-state index in [1.54, 1.807) is 14.1 Å². The lowest BCUT2D eigenvalue weighted by Gasteiger charge is -2.32. The number of carbonyl (C=O) groups is 2. The van der Waals surface area contributed by atoms with Gasteiger partial charge in [-0.15, -0.1) is 0 Å². The van der Waals surface area contributed by atoms with Crippen molar-refractivity contribution in [3.05, 3.63) is 22.9 Å². The average Bonchev–Trinajstić information content (AvgIpc) is 2.60. The number of pyridine rings is 1. The first kappa shape index (κ1) is 21.9. The minimum Gasteiger partial charge on any atom is -0.351 e. The predicted octanol–water partition coefficient (Wildman–Crippen LogP) is 1.14. The molecule has 7 nitrogen and oxygen atoms in total. The summed E-state index contributed by atoms with van der Waals surface area (Å²) in [4.78, 5) is 31.6. The van der Waals surface area contributed by atoms with E-state index in [9.17, 15) is 14.9 Å². The van der Waals surface area contributed by atoms with Gasteiger partial charge in [0.25, 0.3) is 0 Å². The molecule has 1 saturated heterocycles. The number of aryl methyl sites for hydroxylation is 2. The minimum atomic E-state index is 0.123. The first-order chi connectivity index (χ1) is 12.3. The summed E-state index contributed by atoms with van der Waals surface area (Å²) in [6, 6.07) is 4.08. The van der Waals surface area contributed by atoms with Gasteiger partial charge in [-0.1, -0.05) is 11.8 Å². The van der Waals surface area contributed by atoms with Gasteiger partial charge in [0.1, 0.15) is 11.1 Å². The van der Waals surface area contributed by atoms with E-state index in [1.165, 1.54) is 16.7 Å². The first-order valence-corrected chi connectivity index (χ1v) is 9.36. The van der Waals surface area contributed by atoms with E-state index in [0.29, 0.717) is 16.3 Å². The second-order valence-corrected chi connectivity index (χ2v) is 7.38. The van der Waals surface area contributed by atoms with Gasteiger partial charge in [0.2, 0.25) is 12.3 Å². The van der Waals surface area contributed by atoms with Gasteiger partial charge < -0.3 is 14.7 Å². The molecule has 8 heteroatoms. The summed E-state index contributed by atoms with van der Waals surface area (Å²) in [6.45, 7) is 7.20. The molecule has 0 unspecified atom stereocenters. The molecule has 0 spiro atoms. The number of likely N-dealkylation sites (N-methyl/N-ethyl adjacent to an activating group) is 1. The normalized spacial score (nSPS) is 14.1. The Labute approximate surface area is 160 Å². The summed E-state index contributed by atoms with van der Waals surface area (Å²) in [7, 11) is 5.44. The third kappa shape index (κ3) is 7.02. The number of nitriles is 1. The van der Waals surface area contributed by atoms with Crippen LogP contribution in [0.25, 0.3) is 0 Å². The fourth-order valence-corrected chi connectivity index (χ4v) is 3.32. The van der Waals surface area contributed by atoms with E-state index in [1.807, 2.05) is 24.8 Å². The number of nitrogens with zero attached hydrogens (tertiary/aromatic N) is 5. The van der Waals surface area contributed by atoms with E-state index < -0.39 is 0 Å². The third-order valence-electron chi connectivity index (χ3n) is 3.82. The standard InChI is InChI=1S/C15H20N4OS.C3H7NO/c1-11-8-12(2)17-15(13(11)9-16)21-10-14(20)19-6-4-18(3)5-7-19;1-4(2)3-5/h8H,4-7,10H2,1-3H3;3H,1-2H3. The zero-order valence-electron chi connectivity index (χ0n) is 16.2. The summed E-state index contributed by atoms with van der Waals surface area (Å²) in [5, 5.41) is 9.89. The lowest BCUT2D eigenvalue weighted by atomic mass is 10.1. The Bertz CT molecular complexity index is 664. The summed E-state index contributed by atoms with van der Waals surface area (Å²) in [5.41, 5.74) is 2.37. The molecule has 1 aliphatic rings. The molecule has 26 heavy (non-hydrogen) atoms. The van der Waals surface area contributed by atoms with Crippen LogP contribution < -0.4 is 0 Å². The number of hydrogen-bond acceptors (Lipinski definition) is 6. The number of amides is 2. The lowest BCUT2D eigenvalue weighted by Crippen LogP contribution is -2.47. The maximum absolute atomic E-state index is 12.2. The number of piperazine rings is 1. The van der Waals surface area contributed by atoms with Crippen LogP contribution in [-0.4, -0.2) is 85.1 Å². The van der Waals surface area contributed by atoms with Gasteiger partial charge in [0.05, 0.1) is 11.3 Å². The van der Waals surface area contributed by atoms with E-state index in [-0.39, 0.29) is 5.91 Å². The molecule has 0 bridgehead atoms. The van der Waals surface area contributed by atoms with Crippen molar-refractivity contribution < 1.29 is 9.59 Å². The van der Waals surface area contributed by atoms with Crippen molar-refractivity contribution in [2.75, 3.05) is 53.1 Å². The minimum absolute atomic E-state index is 0.123. The van der Waals surface area contributed by atoms with Crippen LogP contribution in [0.3, 0.4) is 0 Å². The van der Waals surface area contributed by atoms with Crippen LogP contribution in [0.2, 0.25) is 0 Å². The highest BCUT2D eigenvalue weighted by Crippen LogP contribution is 2.24. The maximum atomic E-state index is 12.2. The number of carbonyl (C=O) groups excluding carboxylic acids is 2. The lowest BCUT2D eigenvalue weighted by molar-refractivity contribution is -0.129. The Hall–Kier alpha value is -2.11. The zero-order valence-corrected chi connectivity index (χ0v) is 17.0. The van der Waals surface area contributed by atoms with Crippen molar-refractivity contribution >= 4 is 24.1 Å². The number of hydrogen-bond donors (Lipinski definition) is 0. The molecule has 1 aliphatic heterocycles. The summed E-state index contributed by atoms with van der Waals surface area (Å²) in [5.74, 6) is 0.465. The summed E-state index contributed by atoms with van der Waals surface area (Å²) in [6.07, 6.45) is 0.750. The Kier molecular flexibility index (Phi) is 9.10. The monoisotopic (exact) mass is 377 g/mol. The van der Waals surface area contributed by atoms with Crippen molar-refractivity contribution in [3.63, 3.8) is 0 Å². The van der Waals surface area contributed by atoms with Crippen LogP contribution in [-0.2, 0) is 9.59 Å². The Balaban J connectivity index is 0.000000597. The topological polar surface area (TPSA) is 80.5 Å². The molecule has 0 aromatic carbocycles. The van der Waals surface area contributed by atoms with Gasteiger partial charge in [-0.3, -0.25) is 9.59 Å². The third-order valence-corrected chi connectivity index (χ3v) is 4.78. The van der Waals surface area contributed by atoms with Crippen LogP contribution in [0.5, 0.6) is 0 Å². The molecule has 0 atom stereocenters. The molecule has 1 aromatic heterocycles. The number of rotatable bonds is 4. The Morgan fingerprint density at radius 3 is 2.42 bits per heavy atom. The van der Waals surface area contributed by atoms with E-state index in [2.05, 4.69) is 23.0 Å². The molecule has 142 valence electrons. The molecule has 0 aliphatic carbocycles. The molecule has 0 N–H and O–H groups in total. The molecular weight excluding hydrogens is 350 g/mol. The number of aromatic nitrogens is 1. The Morgan fingerprint density at radius 2 is 1.92 bits per heavy atom. The smallest absolute Gasteiger partial charge is 0.233 e. The molecule has 0 saturated carbocycles. The number of thioether (sulfide) groups is 1. The van der Waals surface area contributed by atoms with Gasteiger partial charge in [-0.05, 0) is 32.5 Å². The summed E-state index contributed by atoms with van der Waals surface area (Å²) >= 11 is 1.36. The fourth-order valence-electron chi connectivity index (χ4n) is 2.32. The first-order valence-electron chi connectivity index (χ1n) is 8.37. The second-order valence-electron chi connectivity index (χ2n) is 6.41. The highest BCUT2D eigenvalue weighted by atomic mass is 32.2.